The van der Waals surface area contributed by atoms with E-state index in [0.717, 1.165) is 28.2 Å². The monoisotopic (exact) mass is 533 g/mol. The van der Waals surface area contributed by atoms with Crippen molar-refractivity contribution in [2.75, 3.05) is 14.1 Å². The number of unbranched alkanes of at least 4 members (excludes halogenated alkanes) is 2. The Kier molecular flexibility index (Phi) is 19.2. The summed E-state index contributed by atoms with van der Waals surface area (Å²) in [6.07, 6.45) is 23.5. The summed E-state index contributed by atoms with van der Waals surface area (Å²) in [6, 6.07) is 0.693. The number of hydrogen-bond donors (Lipinski definition) is 0. The predicted octanol–water partition coefficient (Wildman–Crippen LogP) is 12.4. The first-order valence-electron chi connectivity index (χ1n) is 17.0. The number of allylic oxidation sites excluding steroid dienone is 3. The fourth-order valence-electron chi connectivity index (χ4n) is 7.54. The van der Waals surface area contributed by atoms with Crippen LogP contribution >= 0.6 is 0 Å². The summed E-state index contributed by atoms with van der Waals surface area (Å²) >= 11 is 0. The van der Waals surface area contributed by atoms with Gasteiger partial charge in [0.05, 0.1) is 26.3 Å². The Morgan fingerprint density at radius 3 is 1.87 bits per heavy atom. The van der Waals surface area contributed by atoms with E-state index in [9.17, 15) is 0 Å². The van der Waals surface area contributed by atoms with E-state index in [4.69, 9.17) is 0 Å². The van der Waals surface area contributed by atoms with Crippen LogP contribution in [0.4, 0.5) is 0 Å². The van der Waals surface area contributed by atoms with Crippen LogP contribution in [-0.4, -0.2) is 24.6 Å². The molecule has 0 aromatic rings. The molecule has 0 aliphatic carbocycles. The van der Waals surface area contributed by atoms with E-state index in [1.54, 1.807) is 11.1 Å². The Hall–Kier alpha value is -0.560. The van der Waals surface area contributed by atoms with Crippen LogP contribution in [0.15, 0.2) is 23.4 Å². The zero-order valence-electron chi connectivity index (χ0n) is 28.9. The van der Waals surface area contributed by atoms with Gasteiger partial charge in [-0.2, -0.15) is 0 Å². The lowest BCUT2D eigenvalue weighted by atomic mass is 9.58. The van der Waals surface area contributed by atoms with Crippen LogP contribution in [0.5, 0.6) is 0 Å². The lowest BCUT2D eigenvalue weighted by Gasteiger charge is -2.47. The molecule has 0 spiro atoms. The maximum atomic E-state index is 2.59. The summed E-state index contributed by atoms with van der Waals surface area (Å²) in [6.45, 7) is 26.8. The van der Waals surface area contributed by atoms with Crippen molar-refractivity contribution in [3.63, 3.8) is 0 Å². The number of quaternary nitrogens is 1. The molecule has 0 fully saturated rings. The molecule has 0 radical (unpaired) electrons. The van der Waals surface area contributed by atoms with Gasteiger partial charge in [-0.1, -0.05) is 99.1 Å². The molecule has 0 N–H and O–H groups in total. The van der Waals surface area contributed by atoms with Crippen LogP contribution in [0.25, 0.3) is 0 Å². The van der Waals surface area contributed by atoms with E-state index >= 15 is 0 Å². The van der Waals surface area contributed by atoms with E-state index in [1.807, 2.05) is 0 Å². The zero-order chi connectivity index (χ0) is 29.4. The molecular weight excluding hydrogens is 458 g/mol. The molecule has 0 rings (SSSR count). The normalized spacial score (nSPS) is 17.8. The van der Waals surface area contributed by atoms with Gasteiger partial charge >= 0.3 is 0 Å². The molecule has 5 unspecified atom stereocenters. The maximum Gasteiger partial charge on any atom is 0.0945 e. The Labute approximate surface area is 242 Å². The van der Waals surface area contributed by atoms with Crippen molar-refractivity contribution in [1.29, 1.82) is 0 Å². The molecule has 0 aliphatic rings. The van der Waals surface area contributed by atoms with Gasteiger partial charge < -0.3 is 0 Å². The standard InChI is InChI=1S/C37H74N/c1-14-19-20-22-35(11)38(12,13)29-32(8)26-28-34(10)37(17-4,18-5)36(16-3)33(9)27-25-31(7)24-23-30(6)21-15-2/h21,29,31,33-36H,14-20,22-28H2,1-13H3/q+1. The van der Waals surface area contributed by atoms with Gasteiger partial charge in [0.1, 0.15) is 0 Å². The molecule has 0 aliphatic heterocycles. The van der Waals surface area contributed by atoms with Crippen molar-refractivity contribution in [2.45, 2.75) is 172 Å². The van der Waals surface area contributed by atoms with Gasteiger partial charge in [-0.05, 0) is 113 Å². The van der Waals surface area contributed by atoms with Gasteiger partial charge in [0.15, 0.2) is 0 Å². The Bertz CT molecular complexity index is 650. The van der Waals surface area contributed by atoms with Crippen molar-refractivity contribution in [1.82, 2.24) is 0 Å². The second-order valence-corrected chi connectivity index (χ2v) is 14.0. The van der Waals surface area contributed by atoms with Gasteiger partial charge in [-0.25, -0.2) is 0 Å². The van der Waals surface area contributed by atoms with E-state index < -0.39 is 0 Å². The van der Waals surface area contributed by atoms with Crippen LogP contribution in [-0.2, 0) is 0 Å². The van der Waals surface area contributed by atoms with Crippen molar-refractivity contribution in [2.24, 2.45) is 29.1 Å². The van der Waals surface area contributed by atoms with Crippen LogP contribution in [0, 0.1) is 29.1 Å². The van der Waals surface area contributed by atoms with Gasteiger partial charge in [-0.15, -0.1) is 0 Å². The lowest BCUT2D eigenvalue weighted by molar-refractivity contribution is -0.864. The molecule has 0 heterocycles. The molecule has 0 amide bonds. The SMILES string of the molecule is CCC=C(C)CCC(C)CCC(C)C(CC)C(CC)(CC)C(C)CCC(C)=C[N+](C)(C)C(C)CCCCC. The number of nitrogens with zero attached hydrogens (tertiary/aromatic N) is 1. The van der Waals surface area contributed by atoms with Gasteiger partial charge in [0.2, 0.25) is 0 Å². The molecule has 0 saturated heterocycles. The highest BCUT2D eigenvalue weighted by molar-refractivity contribution is 4.98. The van der Waals surface area contributed by atoms with Crippen LogP contribution < -0.4 is 0 Å². The molecular formula is C37H74N+. The second kappa shape index (κ2) is 19.5. The Balaban J connectivity index is 5.26. The summed E-state index contributed by atoms with van der Waals surface area (Å²) in [4.78, 5) is 0. The summed E-state index contributed by atoms with van der Waals surface area (Å²) < 4.78 is 1.02. The van der Waals surface area contributed by atoms with Gasteiger partial charge in [0.25, 0.3) is 0 Å². The van der Waals surface area contributed by atoms with Crippen molar-refractivity contribution < 1.29 is 4.48 Å². The molecule has 5 atom stereocenters. The zero-order valence-corrected chi connectivity index (χ0v) is 28.9. The first-order valence-corrected chi connectivity index (χ1v) is 17.0. The second-order valence-electron chi connectivity index (χ2n) is 14.0. The van der Waals surface area contributed by atoms with E-state index in [1.165, 1.54) is 89.9 Å². The van der Waals surface area contributed by atoms with E-state index in [0.29, 0.717) is 11.5 Å². The quantitative estimate of drug-likeness (QED) is 0.0738. The largest absolute Gasteiger partial charge is 0.300 e. The third-order valence-electron chi connectivity index (χ3n) is 10.7. The minimum Gasteiger partial charge on any atom is -0.300 e. The highest BCUT2D eigenvalue weighted by Gasteiger charge is 2.41. The minimum atomic E-state index is 0.468. The maximum absolute atomic E-state index is 2.59. The van der Waals surface area contributed by atoms with E-state index in [-0.39, 0.29) is 0 Å². The molecule has 0 aromatic heterocycles. The summed E-state index contributed by atoms with van der Waals surface area (Å²) in [5.74, 6) is 3.25. The van der Waals surface area contributed by atoms with Gasteiger partial charge in [0, 0.05) is 0 Å². The van der Waals surface area contributed by atoms with Crippen LogP contribution in [0.1, 0.15) is 166 Å². The number of hydrogen-bond acceptors (Lipinski definition) is 0. The molecule has 1 heteroatoms. The van der Waals surface area contributed by atoms with Crippen molar-refractivity contribution in [3.8, 4) is 0 Å². The molecule has 0 aromatic carbocycles. The summed E-state index contributed by atoms with van der Waals surface area (Å²) in [7, 11) is 4.81. The Morgan fingerprint density at radius 2 is 1.34 bits per heavy atom. The first kappa shape index (κ1) is 37.4. The number of rotatable bonds is 22. The highest BCUT2D eigenvalue weighted by Crippen LogP contribution is 2.50. The molecule has 226 valence electrons. The topological polar surface area (TPSA) is 0 Å². The third-order valence-corrected chi connectivity index (χ3v) is 10.7. The minimum absolute atomic E-state index is 0.468. The summed E-state index contributed by atoms with van der Waals surface area (Å²) in [5.41, 5.74) is 3.64. The van der Waals surface area contributed by atoms with Gasteiger partial charge in [-0.3, -0.25) is 4.48 Å². The van der Waals surface area contributed by atoms with Crippen LogP contribution in [0.3, 0.4) is 0 Å². The van der Waals surface area contributed by atoms with Crippen molar-refractivity contribution >= 4 is 0 Å². The highest BCUT2D eigenvalue weighted by atomic mass is 15.3. The molecule has 38 heavy (non-hydrogen) atoms. The average Bonchev–Trinajstić information content (AvgIpc) is 2.87. The average molecular weight is 533 g/mol. The third kappa shape index (κ3) is 12.7. The fourth-order valence-corrected chi connectivity index (χ4v) is 7.54. The molecule has 0 saturated carbocycles. The smallest absolute Gasteiger partial charge is 0.0945 e. The van der Waals surface area contributed by atoms with Crippen LogP contribution in [0.2, 0.25) is 0 Å². The Morgan fingerprint density at radius 1 is 0.737 bits per heavy atom. The molecule has 1 nitrogen and oxygen atoms in total. The first-order chi connectivity index (χ1) is 17.8. The lowest BCUT2D eigenvalue weighted by Crippen LogP contribution is -2.42. The fraction of sp³-hybridized carbons (Fsp3) is 0.892. The summed E-state index contributed by atoms with van der Waals surface area (Å²) in [5, 5.41) is 0. The molecule has 0 bridgehead atoms. The van der Waals surface area contributed by atoms with Crippen molar-refractivity contribution in [3.05, 3.63) is 23.4 Å². The predicted molar refractivity (Wildman–Crippen MR) is 176 cm³/mol. The van der Waals surface area contributed by atoms with E-state index in [2.05, 4.69) is 103 Å².